The van der Waals surface area contributed by atoms with E-state index in [2.05, 4.69) is 5.32 Å². The normalized spacial score (nSPS) is 18.9. The van der Waals surface area contributed by atoms with Gasteiger partial charge < -0.3 is 15.2 Å². The first-order valence-electron chi connectivity index (χ1n) is 7.98. The Morgan fingerprint density at radius 2 is 2.04 bits per heavy atom. The lowest BCUT2D eigenvalue weighted by Crippen LogP contribution is -2.50. The first-order chi connectivity index (χ1) is 11.2. The van der Waals surface area contributed by atoms with Crippen LogP contribution in [0.1, 0.15) is 43.2 Å². The van der Waals surface area contributed by atoms with Crippen molar-refractivity contribution in [2.45, 2.75) is 43.9 Å². The number of carbonyl (C=O) groups excluding carboxylic acids is 1. The van der Waals surface area contributed by atoms with Gasteiger partial charge in [0.05, 0.1) is 5.56 Å². The van der Waals surface area contributed by atoms with Crippen molar-refractivity contribution in [2.75, 3.05) is 19.8 Å². The molecule has 0 bridgehead atoms. The number of hydrogen-bond donors (Lipinski definition) is 2. The maximum atomic E-state index is 12.7. The van der Waals surface area contributed by atoms with Gasteiger partial charge in [0.1, 0.15) is 5.60 Å². The third-order valence-corrected chi connectivity index (χ3v) is 4.39. The third kappa shape index (κ3) is 4.70. The Labute approximate surface area is 139 Å². The van der Waals surface area contributed by atoms with Crippen molar-refractivity contribution >= 4 is 5.91 Å². The summed E-state index contributed by atoms with van der Waals surface area (Å²) < 4.78 is 43.3. The molecule has 1 atom stereocenters. The quantitative estimate of drug-likeness (QED) is 0.863. The Bertz CT molecular complexity index is 568. The second-order valence-electron chi connectivity index (χ2n) is 6.21. The van der Waals surface area contributed by atoms with Crippen molar-refractivity contribution in [1.82, 2.24) is 5.32 Å². The highest BCUT2D eigenvalue weighted by Crippen LogP contribution is 2.31. The van der Waals surface area contributed by atoms with Gasteiger partial charge in [0.2, 0.25) is 0 Å². The molecule has 1 amide bonds. The number of nitrogens with one attached hydrogen (secondary N) is 1. The van der Waals surface area contributed by atoms with Crippen molar-refractivity contribution in [2.24, 2.45) is 0 Å². The van der Waals surface area contributed by atoms with E-state index >= 15 is 0 Å². The summed E-state index contributed by atoms with van der Waals surface area (Å²) in [7, 11) is 0. The largest absolute Gasteiger partial charge is 0.416 e. The molecule has 1 aromatic rings. The average Bonchev–Trinajstić information content (AvgIpc) is 2.54. The summed E-state index contributed by atoms with van der Waals surface area (Å²) in [5.41, 5.74) is -1.51. The van der Waals surface area contributed by atoms with E-state index in [-0.39, 0.29) is 18.8 Å². The van der Waals surface area contributed by atoms with E-state index in [1.54, 1.807) is 6.07 Å². The first kappa shape index (κ1) is 18.7. The summed E-state index contributed by atoms with van der Waals surface area (Å²) in [5, 5.41) is 12.9. The summed E-state index contributed by atoms with van der Waals surface area (Å²) in [6.45, 7) is 2.78. The highest BCUT2D eigenvalue weighted by Gasteiger charge is 2.37. The Hall–Kier alpha value is -1.60. The first-order valence-corrected chi connectivity index (χ1v) is 7.98. The molecule has 0 spiro atoms. The lowest BCUT2D eigenvalue weighted by atomic mass is 9.93. The monoisotopic (exact) mass is 345 g/mol. The molecular formula is C17H22F3NO3. The molecule has 1 saturated heterocycles. The highest BCUT2D eigenvalue weighted by atomic mass is 19.4. The minimum atomic E-state index is -4.36. The van der Waals surface area contributed by atoms with Crippen LogP contribution in [0.2, 0.25) is 0 Å². The maximum Gasteiger partial charge on any atom is 0.416 e. The SMILES string of the molecule is C[C@H](CCNC(=O)C1(O)CCOCC1)c1cccc(C(F)(F)F)c1. The molecule has 1 aromatic carbocycles. The van der Waals surface area contributed by atoms with E-state index < -0.39 is 23.2 Å². The minimum Gasteiger partial charge on any atom is -0.381 e. The number of carbonyl (C=O) groups is 1. The summed E-state index contributed by atoms with van der Waals surface area (Å²) in [6, 6.07) is 5.21. The van der Waals surface area contributed by atoms with Gasteiger partial charge in [-0.15, -0.1) is 0 Å². The molecule has 7 heteroatoms. The Kier molecular flexibility index (Phi) is 5.87. The number of halogens is 3. The third-order valence-electron chi connectivity index (χ3n) is 4.39. The summed E-state index contributed by atoms with van der Waals surface area (Å²) >= 11 is 0. The fourth-order valence-electron chi connectivity index (χ4n) is 2.69. The van der Waals surface area contributed by atoms with Gasteiger partial charge in [0, 0.05) is 32.6 Å². The Morgan fingerprint density at radius 1 is 1.38 bits per heavy atom. The number of ether oxygens (including phenoxy) is 1. The average molecular weight is 345 g/mol. The molecule has 1 heterocycles. The van der Waals surface area contributed by atoms with Gasteiger partial charge in [-0.3, -0.25) is 4.79 Å². The van der Waals surface area contributed by atoms with Gasteiger partial charge in [0.25, 0.3) is 5.91 Å². The topological polar surface area (TPSA) is 58.6 Å². The van der Waals surface area contributed by atoms with Crippen LogP contribution in [0.3, 0.4) is 0 Å². The molecule has 0 radical (unpaired) electrons. The van der Waals surface area contributed by atoms with E-state index in [1.807, 2.05) is 6.92 Å². The molecule has 1 aliphatic heterocycles. The van der Waals surface area contributed by atoms with Crippen LogP contribution in [-0.2, 0) is 15.7 Å². The standard InChI is InChI=1S/C17H22F3NO3/c1-12(13-3-2-4-14(11-13)17(18,19)20)5-8-21-15(22)16(23)6-9-24-10-7-16/h2-4,11-12,23H,5-10H2,1H3,(H,21,22)/t12-/m1/s1. The van der Waals surface area contributed by atoms with Gasteiger partial charge in [-0.05, 0) is 24.0 Å². The highest BCUT2D eigenvalue weighted by molar-refractivity contribution is 5.84. The van der Waals surface area contributed by atoms with Crippen LogP contribution in [0.4, 0.5) is 13.2 Å². The fourth-order valence-corrected chi connectivity index (χ4v) is 2.69. The maximum absolute atomic E-state index is 12.7. The number of alkyl halides is 3. The zero-order valence-corrected chi connectivity index (χ0v) is 13.5. The van der Waals surface area contributed by atoms with E-state index in [0.29, 0.717) is 31.7 Å². The van der Waals surface area contributed by atoms with Crippen LogP contribution in [0.25, 0.3) is 0 Å². The molecule has 0 saturated carbocycles. The van der Waals surface area contributed by atoms with Crippen molar-refractivity contribution in [3.8, 4) is 0 Å². The van der Waals surface area contributed by atoms with Gasteiger partial charge in [-0.1, -0.05) is 25.1 Å². The fraction of sp³-hybridized carbons (Fsp3) is 0.588. The van der Waals surface area contributed by atoms with Crippen molar-refractivity contribution < 1.29 is 27.8 Å². The number of aliphatic hydroxyl groups is 1. The van der Waals surface area contributed by atoms with Crippen LogP contribution in [0, 0.1) is 0 Å². The second-order valence-corrected chi connectivity index (χ2v) is 6.21. The van der Waals surface area contributed by atoms with E-state index in [4.69, 9.17) is 4.74 Å². The zero-order valence-electron chi connectivity index (χ0n) is 13.5. The molecule has 134 valence electrons. The number of benzene rings is 1. The molecule has 1 aliphatic rings. The lowest BCUT2D eigenvalue weighted by molar-refractivity contribution is -0.149. The predicted octanol–water partition coefficient (Wildman–Crippen LogP) is 2.86. The number of amides is 1. The molecule has 24 heavy (non-hydrogen) atoms. The summed E-state index contributed by atoms with van der Waals surface area (Å²) in [4.78, 5) is 12.1. The van der Waals surface area contributed by atoms with Gasteiger partial charge >= 0.3 is 6.18 Å². The molecule has 0 aromatic heterocycles. The molecular weight excluding hydrogens is 323 g/mol. The number of rotatable bonds is 5. The van der Waals surface area contributed by atoms with E-state index in [0.717, 1.165) is 12.1 Å². The van der Waals surface area contributed by atoms with Crippen LogP contribution in [0.5, 0.6) is 0 Å². The molecule has 2 rings (SSSR count). The smallest absolute Gasteiger partial charge is 0.381 e. The van der Waals surface area contributed by atoms with E-state index in [9.17, 15) is 23.1 Å². The van der Waals surface area contributed by atoms with Gasteiger partial charge in [-0.2, -0.15) is 13.2 Å². The molecule has 0 unspecified atom stereocenters. The van der Waals surface area contributed by atoms with Crippen LogP contribution in [-0.4, -0.2) is 36.4 Å². The molecule has 0 aliphatic carbocycles. The molecule has 4 nitrogen and oxygen atoms in total. The van der Waals surface area contributed by atoms with Gasteiger partial charge in [0.15, 0.2) is 0 Å². The van der Waals surface area contributed by atoms with Crippen molar-refractivity contribution in [1.29, 1.82) is 0 Å². The van der Waals surface area contributed by atoms with Crippen molar-refractivity contribution in [3.05, 3.63) is 35.4 Å². The van der Waals surface area contributed by atoms with Crippen LogP contribution in [0.15, 0.2) is 24.3 Å². The summed E-state index contributed by atoms with van der Waals surface area (Å²) in [6.07, 6.45) is -3.38. The Balaban J connectivity index is 1.87. The molecule has 2 N–H and O–H groups in total. The van der Waals surface area contributed by atoms with Crippen LogP contribution >= 0.6 is 0 Å². The second kappa shape index (κ2) is 7.53. The van der Waals surface area contributed by atoms with Crippen LogP contribution < -0.4 is 5.32 Å². The van der Waals surface area contributed by atoms with Crippen molar-refractivity contribution in [3.63, 3.8) is 0 Å². The number of hydrogen-bond acceptors (Lipinski definition) is 3. The Morgan fingerprint density at radius 3 is 2.67 bits per heavy atom. The minimum absolute atomic E-state index is 0.142. The molecule has 1 fully saturated rings. The summed E-state index contributed by atoms with van der Waals surface area (Å²) in [5.74, 6) is -0.584. The lowest BCUT2D eigenvalue weighted by Gasteiger charge is -2.30. The predicted molar refractivity (Wildman–Crippen MR) is 82.5 cm³/mol. The zero-order chi connectivity index (χ0) is 17.8. The van der Waals surface area contributed by atoms with E-state index in [1.165, 1.54) is 6.07 Å². The van der Waals surface area contributed by atoms with Gasteiger partial charge in [-0.25, -0.2) is 0 Å².